The van der Waals surface area contributed by atoms with Crippen LogP contribution in [0, 0.1) is 0 Å². The van der Waals surface area contributed by atoms with Gasteiger partial charge in [0.25, 0.3) is 0 Å². The third-order valence-electron chi connectivity index (χ3n) is 3.22. The summed E-state index contributed by atoms with van der Waals surface area (Å²) >= 11 is 10.7. The number of nitrogens with zero attached hydrogens (tertiary/aromatic N) is 1. The number of benzene rings is 2. The second-order valence-electron chi connectivity index (χ2n) is 5.00. The van der Waals surface area contributed by atoms with Gasteiger partial charge in [0.2, 0.25) is 0 Å². The van der Waals surface area contributed by atoms with Crippen LogP contribution in [0.2, 0.25) is 5.02 Å². The van der Waals surface area contributed by atoms with Gasteiger partial charge in [-0.05, 0) is 36.4 Å². The van der Waals surface area contributed by atoms with Gasteiger partial charge < -0.3 is 10.4 Å². The highest BCUT2D eigenvalue weighted by molar-refractivity contribution is 9.10. The van der Waals surface area contributed by atoms with E-state index in [9.17, 15) is 4.79 Å². The molecular weight excluding hydrogens is 412 g/mol. The van der Waals surface area contributed by atoms with E-state index in [0.29, 0.717) is 20.7 Å². The zero-order valence-corrected chi connectivity index (χ0v) is 15.5. The molecule has 0 aliphatic heterocycles. The van der Waals surface area contributed by atoms with Crippen molar-refractivity contribution in [3.8, 4) is 11.3 Å². The van der Waals surface area contributed by atoms with Crippen LogP contribution in [0.3, 0.4) is 0 Å². The van der Waals surface area contributed by atoms with Crippen LogP contribution in [0.5, 0.6) is 0 Å². The van der Waals surface area contributed by atoms with Crippen LogP contribution >= 0.6 is 38.9 Å². The number of carboxylic acid groups (broad SMARTS) is 1. The van der Waals surface area contributed by atoms with Crippen LogP contribution in [0.1, 0.15) is 4.88 Å². The van der Waals surface area contributed by atoms with E-state index in [1.165, 1.54) is 11.3 Å². The summed E-state index contributed by atoms with van der Waals surface area (Å²) in [5.74, 6) is -0.885. The van der Waals surface area contributed by atoms with Crippen LogP contribution in [0.4, 0.5) is 10.8 Å². The molecule has 2 N–H and O–H groups in total. The molecule has 0 fully saturated rings. The van der Waals surface area contributed by atoms with Gasteiger partial charge in [-0.15, -0.1) is 11.3 Å². The van der Waals surface area contributed by atoms with Gasteiger partial charge in [-0.2, -0.15) is 0 Å². The Morgan fingerprint density at radius 3 is 2.46 bits per heavy atom. The van der Waals surface area contributed by atoms with Gasteiger partial charge in [-0.3, -0.25) is 4.79 Å². The van der Waals surface area contributed by atoms with Crippen molar-refractivity contribution < 1.29 is 9.90 Å². The highest BCUT2D eigenvalue weighted by Crippen LogP contribution is 2.33. The molecule has 4 nitrogen and oxygen atoms in total. The van der Waals surface area contributed by atoms with Crippen LogP contribution in [0.15, 0.2) is 53.0 Å². The maximum Gasteiger partial charge on any atom is 0.308 e. The first-order valence-corrected chi connectivity index (χ1v) is 9.00. The molecule has 0 unspecified atom stereocenters. The average Bonchev–Trinajstić information content (AvgIpc) is 2.92. The Morgan fingerprint density at radius 1 is 1.17 bits per heavy atom. The first kappa shape index (κ1) is 17.0. The summed E-state index contributed by atoms with van der Waals surface area (Å²) in [4.78, 5) is 16.4. The summed E-state index contributed by atoms with van der Waals surface area (Å²) in [7, 11) is 0. The number of anilines is 2. The molecule has 0 aliphatic rings. The van der Waals surface area contributed by atoms with Crippen molar-refractivity contribution in [1.82, 2.24) is 4.98 Å². The Balaban J connectivity index is 1.94. The molecule has 0 saturated carbocycles. The van der Waals surface area contributed by atoms with E-state index in [1.807, 2.05) is 36.4 Å². The Bertz CT molecular complexity index is 863. The Kier molecular flexibility index (Phi) is 5.18. The van der Waals surface area contributed by atoms with Crippen molar-refractivity contribution in [2.75, 3.05) is 5.32 Å². The number of aliphatic carboxylic acids is 1. The third kappa shape index (κ3) is 4.14. The van der Waals surface area contributed by atoms with Crippen molar-refractivity contribution >= 4 is 55.7 Å². The zero-order chi connectivity index (χ0) is 17.1. The fourth-order valence-electron chi connectivity index (χ4n) is 2.15. The SMILES string of the molecule is O=C(O)Cc1sc(Nc2ccc(Br)cc2)nc1-c1ccc(Cl)cc1. The number of carbonyl (C=O) groups is 1. The maximum atomic E-state index is 11.1. The molecule has 2 aromatic carbocycles. The summed E-state index contributed by atoms with van der Waals surface area (Å²) in [6.07, 6.45) is -0.0718. The summed E-state index contributed by atoms with van der Waals surface area (Å²) in [6.45, 7) is 0. The number of carboxylic acids is 1. The van der Waals surface area contributed by atoms with Gasteiger partial charge in [-0.1, -0.05) is 39.7 Å². The van der Waals surface area contributed by atoms with Crippen LogP contribution in [-0.2, 0) is 11.2 Å². The molecule has 1 aromatic heterocycles. The molecule has 0 aliphatic carbocycles. The van der Waals surface area contributed by atoms with Crippen molar-refractivity contribution in [1.29, 1.82) is 0 Å². The topological polar surface area (TPSA) is 62.2 Å². The number of halogens is 2. The maximum absolute atomic E-state index is 11.1. The number of rotatable bonds is 5. The molecule has 7 heteroatoms. The molecule has 1 heterocycles. The van der Waals surface area contributed by atoms with Crippen molar-refractivity contribution in [3.05, 3.63) is 62.9 Å². The van der Waals surface area contributed by atoms with Crippen LogP contribution < -0.4 is 5.32 Å². The van der Waals surface area contributed by atoms with Crippen molar-refractivity contribution in [3.63, 3.8) is 0 Å². The van der Waals surface area contributed by atoms with Crippen LogP contribution in [0.25, 0.3) is 11.3 Å². The molecule has 0 radical (unpaired) electrons. The van der Waals surface area contributed by atoms with E-state index in [-0.39, 0.29) is 6.42 Å². The van der Waals surface area contributed by atoms with Gasteiger partial charge in [0.1, 0.15) is 0 Å². The molecular formula is C17H12BrClN2O2S. The second kappa shape index (κ2) is 7.34. The Labute approximate surface area is 156 Å². The van der Waals surface area contributed by atoms with E-state index < -0.39 is 5.97 Å². The summed E-state index contributed by atoms with van der Waals surface area (Å²) in [5, 5.41) is 13.6. The molecule has 122 valence electrons. The van der Waals surface area contributed by atoms with Crippen molar-refractivity contribution in [2.45, 2.75) is 6.42 Å². The van der Waals surface area contributed by atoms with E-state index in [2.05, 4.69) is 26.2 Å². The number of aromatic nitrogens is 1. The summed E-state index contributed by atoms with van der Waals surface area (Å²) in [6, 6.07) is 14.9. The van der Waals surface area contributed by atoms with E-state index in [4.69, 9.17) is 16.7 Å². The highest BCUT2D eigenvalue weighted by Gasteiger charge is 2.16. The van der Waals surface area contributed by atoms with E-state index in [0.717, 1.165) is 15.7 Å². The van der Waals surface area contributed by atoms with Crippen molar-refractivity contribution in [2.24, 2.45) is 0 Å². The lowest BCUT2D eigenvalue weighted by Gasteiger charge is -2.02. The molecule has 0 bridgehead atoms. The largest absolute Gasteiger partial charge is 0.481 e. The van der Waals surface area contributed by atoms with E-state index >= 15 is 0 Å². The zero-order valence-electron chi connectivity index (χ0n) is 12.3. The molecule has 0 spiro atoms. The van der Waals surface area contributed by atoms with Gasteiger partial charge in [-0.25, -0.2) is 4.98 Å². The lowest BCUT2D eigenvalue weighted by Crippen LogP contribution is -1.99. The minimum Gasteiger partial charge on any atom is -0.481 e. The Morgan fingerprint density at radius 2 is 1.83 bits per heavy atom. The predicted molar refractivity (Wildman–Crippen MR) is 101 cm³/mol. The fourth-order valence-corrected chi connectivity index (χ4v) is 3.54. The van der Waals surface area contributed by atoms with Crippen LogP contribution in [-0.4, -0.2) is 16.1 Å². The highest BCUT2D eigenvalue weighted by atomic mass is 79.9. The lowest BCUT2D eigenvalue weighted by molar-refractivity contribution is -0.136. The van der Waals surface area contributed by atoms with Gasteiger partial charge in [0, 0.05) is 25.6 Å². The Hall–Kier alpha value is -1.89. The van der Waals surface area contributed by atoms with Gasteiger partial charge in [0.05, 0.1) is 12.1 Å². The third-order valence-corrected chi connectivity index (χ3v) is 4.97. The quantitative estimate of drug-likeness (QED) is 0.561. The minimum atomic E-state index is -0.885. The number of nitrogens with one attached hydrogen (secondary N) is 1. The predicted octanol–water partition coefficient (Wildman–Crippen LogP) is 5.60. The molecule has 0 atom stereocenters. The molecule has 24 heavy (non-hydrogen) atoms. The standard InChI is InChI=1S/C17H12BrClN2O2S/c18-11-3-7-13(8-4-11)20-17-21-16(14(24-17)9-15(22)23)10-1-5-12(19)6-2-10/h1-8H,9H2,(H,20,21)(H,22,23). The summed E-state index contributed by atoms with van der Waals surface area (Å²) in [5.41, 5.74) is 2.39. The first-order chi connectivity index (χ1) is 11.5. The number of hydrogen-bond acceptors (Lipinski definition) is 4. The molecule has 0 amide bonds. The summed E-state index contributed by atoms with van der Waals surface area (Å²) < 4.78 is 0.987. The lowest BCUT2D eigenvalue weighted by atomic mass is 10.1. The number of hydrogen-bond donors (Lipinski definition) is 2. The minimum absolute atomic E-state index is 0.0718. The average molecular weight is 424 g/mol. The first-order valence-electron chi connectivity index (χ1n) is 7.01. The molecule has 3 rings (SSSR count). The molecule has 3 aromatic rings. The smallest absolute Gasteiger partial charge is 0.308 e. The van der Waals surface area contributed by atoms with Gasteiger partial charge >= 0.3 is 5.97 Å². The normalized spacial score (nSPS) is 10.6. The van der Waals surface area contributed by atoms with E-state index in [1.54, 1.807) is 12.1 Å². The fraction of sp³-hybridized carbons (Fsp3) is 0.0588. The number of thiazole rings is 1. The van der Waals surface area contributed by atoms with Gasteiger partial charge in [0.15, 0.2) is 5.13 Å². The monoisotopic (exact) mass is 422 g/mol. The second-order valence-corrected chi connectivity index (χ2v) is 7.44. The molecule has 0 saturated heterocycles.